The van der Waals surface area contributed by atoms with Crippen molar-refractivity contribution in [3.63, 3.8) is 0 Å². The SMILES string of the molecule is CCCNC(=O)c1cc([C@@H]2CCCN(Cc3ccc(F)c(F)c3)C2)no1. The minimum Gasteiger partial charge on any atom is -0.351 e. The highest BCUT2D eigenvalue weighted by molar-refractivity contribution is 5.91. The Labute approximate surface area is 151 Å². The number of hydrogen-bond acceptors (Lipinski definition) is 4. The van der Waals surface area contributed by atoms with E-state index in [1.54, 1.807) is 12.1 Å². The molecule has 3 rings (SSSR count). The van der Waals surface area contributed by atoms with E-state index in [2.05, 4.69) is 15.4 Å². The predicted octanol–water partition coefficient (Wildman–Crippen LogP) is 3.47. The van der Waals surface area contributed by atoms with Crippen molar-refractivity contribution >= 4 is 5.91 Å². The number of rotatable bonds is 6. The average Bonchev–Trinajstić information content (AvgIpc) is 3.13. The molecule has 0 radical (unpaired) electrons. The number of nitrogens with one attached hydrogen (secondary N) is 1. The van der Waals surface area contributed by atoms with Gasteiger partial charge in [-0.05, 0) is 43.5 Å². The third-order valence-corrected chi connectivity index (χ3v) is 4.60. The first-order chi connectivity index (χ1) is 12.6. The molecule has 2 aromatic rings. The van der Waals surface area contributed by atoms with Gasteiger partial charge >= 0.3 is 0 Å². The highest BCUT2D eigenvalue weighted by atomic mass is 19.2. The molecule has 1 aliphatic heterocycles. The van der Waals surface area contributed by atoms with Crippen molar-refractivity contribution in [2.45, 2.75) is 38.6 Å². The highest BCUT2D eigenvalue weighted by Gasteiger charge is 2.25. The Bertz CT molecular complexity index is 763. The van der Waals surface area contributed by atoms with Crippen molar-refractivity contribution in [2.24, 2.45) is 0 Å². The first-order valence-corrected chi connectivity index (χ1v) is 8.98. The number of carbonyl (C=O) groups excluding carboxylic acids is 1. The van der Waals surface area contributed by atoms with Crippen molar-refractivity contribution in [2.75, 3.05) is 19.6 Å². The summed E-state index contributed by atoms with van der Waals surface area (Å²) in [5.41, 5.74) is 1.51. The predicted molar refractivity (Wildman–Crippen MR) is 92.7 cm³/mol. The lowest BCUT2D eigenvalue weighted by atomic mass is 9.94. The number of nitrogens with zero attached hydrogens (tertiary/aromatic N) is 2. The molecule has 1 atom stereocenters. The summed E-state index contributed by atoms with van der Waals surface area (Å²) >= 11 is 0. The van der Waals surface area contributed by atoms with Crippen LogP contribution in [0, 0.1) is 11.6 Å². The summed E-state index contributed by atoms with van der Waals surface area (Å²) in [4.78, 5) is 14.1. The summed E-state index contributed by atoms with van der Waals surface area (Å²) in [5, 5.41) is 6.83. The molecule has 1 aromatic carbocycles. The van der Waals surface area contributed by atoms with Gasteiger partial charge in [-0.2, -0.15) is 0 Å². The van der Waals surface area contributed by atoms with Gasteiger partial charge in [0.25, 0.3) is 5.91 Å². The lowest BCUT2D eigenvalue weighted by molar-refractivity contribution is 0.0916. The van der Waals surface area contributed by atoms with E-state index >= 15 is 0 Å². The Hall–Kier alpha value is -2.28. The third-order valence-electron chi connectivity index (χ3n) is 4.60. The standard InChI is InChI=1S/C19H23F2N3O2/c1-2-7-22-19(25)18-10-17(23-26-18)14-4-3-8-24(12-14)11-13-5-6-15(20)16(21)9-13/h5-6,9-10,14H,2-4,7-8,11-12H2,1H3,(H,22,25)/t14-/m1/s1. The van der Waals surface area contributed by atoms with Crippen molar-refractivity contribution < 1.29 is 18.1 Å². The van der Waals surface area contributed by atoms with E-state index in [0.29, 0.717) is 13.1 Å². The monoisotopic (exact) mass is 363 g/mol. The fourth-order valence-electron chi connectivity index (χ4n) is 3.25. The minimum absolute atomic E-state index is 0.158. The fraction of sp³-hybridized carbons (Fsp3) is 0.474. The molecule has 1 fully saturated rings. The van der Waals surface area contributed by atoms with Crippen LogP contribution in [0.15, 0.2) is 28.8 Å². The van der Waals surface area contributed by atoms with Gasteiger partial charge in [0.15, 0.2) is 11.6 Å². The Balaban J connectivity index is 1.62. The summed E-state index contributed by atoms with van der Waals surface area (Å²) in [5.74, 6) is -1.52. The van der Waals surface area contributed by atoms with Crippen molar-refractivity contribution in [1.82, 2.24) is 15.4 Å². The normalized spacial score (nSPS) is 18.0. The van der Waals surface area contributed by atoms with Crippen LogP contribution in [0.1, 0.15) is 53.9 Å². The van der Waals surface area contributed by atoms with Gasteiger partial charge in [0.1, 0.15) is 0 Å². The summed E-state index contributed by atoms with van der Waals surface area (Å²) in [6.07, 6.45) is 2.78. The lowest BCUT2D eigenvalue weighted by Crippen LogP contribution is -2.34. The van der Waals surface area contributed by atoms with Crippen LogP contribution in [0.2, 0.25) is 0 Å². The second kappa shape index (κ2) is 8.40. The van der Waals surface area contributed by atoms with Gasteiger partial charge in [-0.25, -0.2) is 8.78 Å². The quantitative estimate of drug-likeness (QED) is 0.854. The van der Waals surface area contributed by atoms with Crippen LogP contribution in [0.5, 0.6) is 0 Å². The average molecular weight is 363 g/mol. The van der Waals surface area contributed by atoms with Crippen LogP contribution in [0.3, 0.4) is 0 Å². The maximum atomic E-state index is 13.4. The Morgan fingerprint density at radius 2 is 2.19 bits per heavy atom. The molecular formula is C19H23F2N3O2. The van der Waals surface area contributed by atoms with Crippen LogP contribution in [-0.4, -0.2) is 35.6 Å². The zero-order valence-electron chi connectivity index (χ0n) is 14.8. The van der Waals surface area contributed by atoms with E-state index in [9.17, 15) is 13.6 Å². The molecule has 0 unspecified atom stereocenters. The minimum atomic E-state index is -0.832. The largest absolute Gasteiger partial charge is 0.351 e. The summed E-state index contributed by atoms with van der Waals surface area (Å²) < 4.78 is 31.6. The van der Waals surface area contributed by atoms with Gasteiger partial charge in [0.2, 0.25) is 5.76 Å². The zero-order chi connectivity index (χ0) is 18.5. The van der Waals surface area contributed by atoms with E-state index < -0.39 is 11.6 Å². The molecule has 7 heteroatoms. The molecule has 5 nitrogen and oxygen atoms in total. The first-order valence-electron chi connectivity index (χ1n) is 8.98. The molecule has 0 aliphatic carbocycles. The molecular weight excluding hydrogens is 340 g/mol. The van der Waals surface area contributed by atoms with Crippen LogP contribution in [-0.2, 0) is 6.54 Å². The summed E-state index contributed by atoms with van der Waals surface area (Å²) in [6.45, 7) is 4.75. The molecule has 140 valence electrons. The second-order valence-corrected chi connectivity index (χ2v) is 6.69. The van der Waals surface area contributed by atoms with Gasteiger partial charge in [-0.1, -0.05) is 18.1 Å². The number of aromatic nitrogens is 1. The van der Waals surface area contributed by atoms with Crippen molar-refractivity contribution in [3.05, 3.63) is 52.9 Å². The highest BCUT2D eigenvalue weighted by Crippen LogP contribution is 2.27. The Morgan fingerprint density at radius 1 is 1.35 bits per heavy atom. The van der Waals surface area contributed by atoms with Crippen LogP contribution >= 0.6 is 0 Å². The molecule has 0 bridgehead atoms. The van der Waals surface area contributed by atoms with E-state index in [4.69, 9.17) is 4.52 Å². The number of halogens is 2. The molecule has 1 aliphatic rings. The van der Waals surface area contributed by atoms with E-state index in [1.807, 2.05) is 6.92 Å². The van der Waals surface area contributed by atoms with Gasteiger partial charge in [0.05, 0.1) is 5.69 Å². The maximum Gasteiger partial charge on any atom is 0.289 e. The van der Waals surface area contributed by atoms with Crippen molar-refractivity contribution in [3.8, 4) is 0 Å². The number of carbonyl (C=O) groups is 1. The van der Waals surface area contributed by atoms with E-state index in [1.165, 1.54) is 6.07 Å². The second-order valence-electron chi connectivity index (χ2n) is 6.69. The van der Waals surface area contributed by atoms with Gasteiger partial charge < -0.3 is 9.84 Å². The van der Waals surface area contributed by atoms with E-state index in [0.717, 1.165) is 49.7 Å². The van der Waals surface area contributed by atoms with Gasteiger partial charge in [0, 0.05) is 31.6 Å². The smallest absolute Gasteiger partial charge is 0.289 e. The molecule has 0 saturated carbocycles. The molecule has 0 spiro atoms. The number of hydrogen-bond donors (Lipinski definition) is 1. The Morgan fingerprint density at radius 3 is 2.96 bits per heavy atom. The van der Waals surface area contributed by atoms with Gasteiger partial charge in [-0.3, -0.25) is 9.69 Å². The maximum absolute atomic E-state index is 13.4. The number of benzene rings is 1. The van der Waals surface area contributed by atoms with Crippen LogP contribution in [0.4, 0.5) is 8.78 Å². The van der Waals surface area contributed by atoms with Crippen molar-refractivity contribution in [1.29, 1.82) is 0 Å². The fourth-order valence-corrected chi connectivity index (χ4v) is 3.25. The molecule has 26 heavy (non-hydrogen) atoms. The molecule has 2 heterocycles. The summed E-state index contributed by atoms with van der Waals surface area (Å²) in [7, 11) is 0. The summed E-state index contributed by atoms with van der Waals surface area (Å²) in [6, 6.07) is 5.71. The molecule has 1 N–H and O–H groups in total. The molecule has 1 amide bonds. The molecule has 1 aromatic heterocycles. The van der Waals surface area contributed by atoms with E-state index in [-0.39, 0.29) is 17.6 Å². The van der Waals surface area contributed by atoms with Crippen LogP contribution in [0.25, 0.3) is 0 Å². The topological polar surface area (TPSA) is 58.4 Å². The lowest BCUT2D eigenvalue weighted by Gasteiger charge is -2.31. The Kier molecular flexibility index (Phi) is 5.98. The third kappa shape index (κ3) is 4.46. The number of likely N-dealkylation sites (tertiary alicyclic amines) is 1. The zero-order valence-corrected chi connectivity index (χ0v) is 14.8. The molecule has 1 saturated heterocycles. The number of piperidine rings is 1. The van der Waals surface area contributed by atoms with Gasteiger partial charge in [-0.15, -0.1) is 0 Å². The first kappa shape index (κ1) is 18.5. The number of amides is 1. The van der Waals surface area contributed by atoms with Crippen LogP contribution < -0.4 is 5.32 Å².